The molecule has 0 radical (unpaired) electrons. The van der Waals surface area contributed by atoms with Crippen LogP contribution in [0.2, 0.25) is 0 Å². The van der Waals surface area contributed by atoms with E-state index in [1.54, 1.807) is 11.3 Å². The van der Waals surface area contributed by atoms with Gasteiger partial charge >= 0.3 is 0 Å². The van der Waals surface area contributed by atoms with E-state index < -0.39 is 0 Å². The molecule has 1 aromatic carbocycles. The zero-order chi connectivity index (χ0) is 19.1. The van der Waals surface area contributed by atoms with Gasteiger partial charge in [-0.05, 0) is 49.1 Å². The standard InChI is InChI=1S/C21H22N4O2S/c1-13-2-3-14(21(26)23-16-4-5-16)10-17(13)18-11-15-12-22-24-20(19(15)28-18)25-6-8-27-9-7-25/h2-3,10-12,16H,4-9H2,1H3,(H,23,26). The van der Waals surface area contributed by atoms with E-state index in [2.05, 4.69) is 33.4 Å². The first-order valence-electron chi connectivity index (χ1n) is 9.69. The Labute approximate surface area is 167 Å². The summed E-state index contributed by atoms with van der Waals surface area (Å²) in [6.07, 6.45) is 3.99. The van der Waals surface area contributed by atoms with E-state index in [0.717, 1.165) is 63.4 Å². The number of hydrogen-bond acceptors (Lipinski definition) is 6. The van der Waals surface area contributed by atoms with Crippen LogP contribution < -0.4 is 10.2 Å². The van der Waals surface area contributed by atoms with Gasteiger partial charge in [-0.3, -0.25) is 4.79 Å². The molecule has 3 heterocycles. The summed E-state index contributed by atoms with van der Waals surface area (Å²) in [5.74, 6) is 0.944. The smallest absolute Gasteiger partial charge is 0.251 e. The van der Waals surface area contributed by atoms with Crippen LogP contribution in [-0.4, -0.2) is 48.4 Å². The van der Waals surface area contributed by atoms with Crippen molar-refractivity contribution in [3.63, 3.8) is 0 Å². The number of rotatable bonds is 4. The van der Waals surface area contributed by atoms with Crippen LogP contribution in [0.15, 0.2) is 30.5 Å². The normalized spacial score (nSPS) is 17.1. The number of morpholine rings is 1. The number of carbonyl (C=O) groups excluding carboxylic acids is 1. The lowest BCUT2D eigenvalue weighted by atomic mass is 10.0. The molecule has 1 aliphatic heterocycles. The second-order valence-electron chi connectivity index (χ2n) is 7.44. The number of anilines is 1. The lowest BCUT2D eigenvalue weighted by molar-refractivity contribution is 0.0951. The molecule has 0 unspecified atom stereocenters. The third-order valence-corrected chi connectivity index (χ3v) is 6.48. The van der Waals surface area contributed by atoms with Gasteiger partial charge in [-0.15, -0.1) is 16.4 Å². The van der Waals surface area contributed by atoms with Crippen LogP contribution in [-0.2, 0) is 4.74 Å². The van der Waals surface area contributed by atoms with Crippen molar-refractivity contribution in [2.24, 2.45) is 0 Å². The molecule has 0 bridgehead atoms. The molecule has 1 N–H and O–H groups in total. The van der Waals surface area contributed by atoms with Crippen LogP contribution >= 0.6 is 11.3 Å². The van der Waals surface area contributed by atoms with Crippen molar-refractivity contribution in [3.8, 4) is 10.4 Å². The Balaban J connectivity index is 1.53. The van der Waals surface area contributed by atoms with E-state index >= 15 is 0 Å². The van der Waals surface area contributed by atoms with Gasteiger partial charge in [0.25, 0.3) is 5.91 Å². The monoisotopic (exact) mass is 394 g/mol. The van der Waals surface area contributed by atoms with E-state index in [-0.39, 0.29) is 5.91 Å². The number of thiophene rings is 1. The number of nitrogens with zero attached hydrogens (tertiary/aromatic N) is 3. The summed E-state index contributed by atoms with van der Waals surface area (Å²) in [6.45, 7) is 5.18. The summed E-state index contributed by atoms with van der Waals surface area (Å²) in [4.78, 5) is 15.9. The van der Waals surface area contributed by atoms with Gasteiger partial charge in [-0.25, -0.2) is 0 Å². The van der Waals surface area contributed by atoms with Crippen molar-refractivity contribution in [1.82, 2.24) is 15.5 Å². The predicted molar refractivity (Wildman–Crippen MR) is 111 cm³/mol. The van der Waals surface area contributed by atoms with Gasteiger partial charge in [-0.1, -0.05) is 6.07 Å². The fraction of sp³-hybridized carbons (Fsp3) is 0.381. The molecule has 144 valence electrons. The molecule has 1 saturated carbocycles. The van der Waals surface area contributed by atoms with Crippen LogP contribution in [0.25, 0.3) is 20.5 Å². The highest BCUT2D eigenvalue weighted by Gasteiger charge is 2.24. The zero-order valence-corrected chi connectivity index (χ0v) is 16.6. The lowest BCUT2D eigenvalue weighted by Gasteiger charge is -2.27. The molecule has 1 saturated heterocycles. The average Bonchev–Trinajstić information content (AvgIpc) is 3.43. The van der Waals surface area contributed by atoms with Crippen molar-refractivity contribution < 1.29 is 9.53 Å². The highest BCUT2D eigenvalue weighted by Crippen LogP contribution is 2.39. The van der Waals surface area contributed by atoms with Crippen LogP contribution in [0, 0.1) is 6.92 Å². The van der Waals surface area contributed by atoms with E-state index in [1.165, 1.54) is 0 Å². The quantitative estimate of drug-likeness (QED) is 0.735. The lowest BCUT2D eigenvalue weighted by Crippen LogP contribution is -2.36. The minimum Gasteiger partial charge on any atom is -0.378 e. The number of fused-ring (bicyclic) bond motifs is 1. The maximum absolute atomic E-state index is 12.5. The number of hydrogen-bond donors (Lipinski definition) is 1. The summed E-state index contributed by atoms with van der Waals surface area (Å²) in [7, 11) is 0. The van der Waals surface area contributed by atoms with E-state index in [1.807, 2.05) is 24.4 Å². The number of carbonyl (C=O) groups is 1. The van der Waals surface area contributed by atoms with Crippen molar-refractivity contribution >= 4 is 33.1 Å². The fourth-order valence-electron chi connectivity index (χ4n) is 3.51. The minimum absolute atomic E-state index is 0.0159. The summed E-state index contributed by atoms with van der Waals surface area (Å²) in [5.41, 5.74) is 2.97. The number of amides is 1. The van der Waals surface area contributed by atoms with E-state index in [4.69, 9.17) is 4.74 Å². The number of ether oxygens (including phenoxy) is 1. The number of benzene rings is 1. The summed E-state index contributed by atoms with van der Waals surface area (Å²) in [6, 6.07) is 8.46. The first kappa shape index (κ1) is 17.6. The van der Waals surface area contributed by atoms with Crippen molar-refractivity contribution in [2.45, 2.75) is 25.8 Å². The molecule has 5 rings (SSSR count). The highest BCUT2D eigenvalue weighted by molar-refractivity contribution is 7.22. The summed E-state index contributed by atoms with van der Waals surface area (Å²) >= 11 is 1.71. The molecule has 0 atom stereocenters. The summed E-state index contributed by atoms with van der Waals surface area (Å²) < 4.78 is 6.60. The number of aromatic nitrogens is 2. The molecule has 1 aliphatic carbocycles. The predicted octanol–water partition coefficient (Wildman–Crippen LogP) is 3.40. The van der Waals surface area contributed by atoms with E-state index in [9.17, 15) is 4.79 Å². The Morgan fingerprint density at radius 3 is 2.86 bits per heavy atom. The Hall–Kier alpha value is -2.51. The van der Waals surface area contributed by atoms with Crippen molar-refractivity contribution in [1.29, 1.82) is 0 Å². The average molecular weight is 395 g/mol. The Kier molecular flexibility index (Phi) is 4.49. The maximum atomic E-state index is 12.5. The third-order valence-electron chi connectivity index (χ3n) is 5.30. The second-order valence-corrected chi connectivity index (χ2v) is 8.49. The Morgan fingerprint density at radius 2 is 2.07 bits per heavy atom. The van der Waals surface area contributed by atoms with Crippen molar-refractivity contribution in [2.75, 3.05) is 31.2 Å². The fourth-order valence-corrected chi connectivity index (χ4v) is 4.73. The van der Waals surface area contributed by atoms with Crippen LogP contribution in [0.1, 0.15) is 28.8 Å². The van der Waals surface area contributed by atoms with Crippen LogP contribution in [0.3, 0.4) is 0 Å². The minimum atomic E-state index is 0.0159. The molecule has 3 aromatic rings. The van der Waals surface area contributed by atoms with Gasteiger partial charge in [0.15, 0.2) is 5.82 Å². The van der Waals surface area contributed by atoms with Crippen molar-refractivity contribution in [3.05, 3.63) is 41.6 Å². The van der Waals surface area contributed by atoms with Gasteiger partial charge in [0.1, 0.15) is 0 Å². The topological polar surface area (TPSA) is 67.4 Å². The van der Waals surface area contributed by atoms with Crippen LogP contribution in [0.4, 0.5) is 5.82 Å². The Morgan fingerprint density at radius 1 is 1.25 bits per heavy atom. The van der Waals surface area contributed by atoms with Crippen LogP contribution in [0.5, 0.6) is 0 Å². The molecule has 1 amide bonds. The highest BCUT2D eigenvalue weighted by atomic mass is 32.1. The molecule has 2 aromatic heterocycles. The molecule has 7 heteroatoms. The first-order chi connectivity index (χ1) is 13.7. The summed E-state index contributed by atoms with van der Waals surface area (Å²) in [5, 5.41) is 12.8. The van der Waals surface area contributed by atoms with Gasteiger partial charge in [0, 0.05) is 35.0 Å². The maximum Gasteiger partial charge on any atom is 0.251 e. The number of nitrogens with one attached hydrogen (secondary N) is 1. The molecule has 2 aliphatic rings. The molecule has 6 nitrogen and oxygen atoms in total. The second kappa shape index (κ2) is 7.14. The molecule has 2 fully saturated rings. The SMILES string of the molecule is Cc1ccc(C(=O)NC2CC2)cc1-c1cc2cnnc(N3CCOCC3)c2s1. The zero-order valence-electron chi connectivity index (χ0n) is 15.8. The Bertz CT molecular complexity index is 1040. The van der Waals surface area contributed by atoms with Gasteiger partial charge in [0.2, 0.25) is 0 Å². The largest absolute Gasteiger partial charge is 0.378 e. The number of aryl methyl sites for hydroxylation is 1. The van der Waals surface area contributed by atoms with Gasteiger partial charge < -0.3 is 15.0 Å². The van der Waals surface area contributed by atoms with Gasteiger partial charge in [-0.2, -0.15) is 5.10 Å². The molecular weight excluding hydrogens is 372 g/mol. The molecular formula is C21H22N4O2S. The van der Waals surface area contributed by atoms with E-state index in [0.29, 0.717) is 19.3 Å². The molecule has 0 spiro atoms. The third kappa shape index (κ3) is 3.36. The molecule has 28 heavy (non-hydrogen) atoms. The van der Waals surface area contributed by atoms with Gasteiger partial charge in [0.05, 0.1) is 24.1 Å². The first-order valence-corrected chi connectivity index (χ1v) is 10.5.